The Morgan fingerprint density at radius 2 is 2.06 bits per heavy atom. The van der Waals surface area contributed by atoms with E-state index in [1.54, 1.807) is 0 Å². The van der Waals surface area contributed by atoms with Gasteiger partial charge in [0.2, 0.25) is 11.7 Å². The Balaban J connectivity index is 2.32. The summed E-state index contributed by atoms with van der Waals surface area (Å²) in [5.74, 6) is 1.23. The maximum absolute atomic E-state index is 5.82. The lowest BCUT2D eigenvalue weighted by molar-refractivity contribution is 0.347. The van der Waals surface area contributed by atoms with Gasteiger partial charge in [-0.3, -0.25) is 0 Å². The zero-order valence-electron chi connectivity index (χ0n) is 10.6. The van der Waals surface area contributed by atoms with Crippen molar-refractivity contribution in [3.8, 4) is 11.4 Å². The minimum atomic E-state index is -0.0111. The third kappa shape index (κ3) is 2.62. The van der Waals surface area contributed by atoms with Crippen LogP contribution < -0.4 is 5.73 Å². The lowest BCUT2D eigenvalue weighted by atomic mass is 10.1. The van der Waals surface area contributed by atoms with Gasteiger partial charge in [-0.15, -0.1) is 0 Å². The zero-order chi connectivity index (χ0) is 13.3. The third-order valence-electron chi connectivity index (χ3n) is 3.05. The number of rotatable bonds is 3. The molecule has 0 amide bonds. The van der Waals surface area contributed by atoms with Crippen LogP contribution >= 0.6 is 15.9 Å². The molecule has 0 saturated carbocycles. The van der Waals surface area contributed by atoms with Gasteiger partial charge in [-0.25, -0.2) is 0 Å². The Bertz CT molecular complexity index is 551. The van der Waals surface area contributed by atoms with Crippen LogP contribution in [0.1, 0.15) is 31.2 Å². The van der Waals surface area contributed by atoms with E-state index in [0.29, 0.717) is 11.7 Å². The van der Waals surface area contributed by atoms with Gasteiger partial charge in [0.05, 0.1) is 5.92 Å². The van der Waals surface area contributed by atoms with Crippen LogP contribution in [0.4, 0.5) is 0 Å². The van der Waals surface area contributed by atoms with E-state index < -0.39 is 0 Å². The molecule has 1 aromatic carbocycles. The van der Waals surface area contributed by atoms with Crippen molar-refractivity contribution in [3.63, 3.8) is 0 Å². The Morgan fingerprint density at radius 1 is 1.33 bits per heavy atom. The van der Waals surface area contributed by atoms with Crippen LogP contribution in [0.25, 0.3) is 11.4 Å². The molecule has 0 aliphatic carbocycles. The van der Waals surface area contributed by atoms with E-state index >= 15 is 0 Å². The number of halogens is 1. The lowest BCUT2D eigenvalue weighted by Crippen LogP contribution is -2.22. The Hall–Kier alpha value is -1.20. The first kappa shape index (κ1) is 13.2. The number of aromatic nitrogens is 2. The highest BCUT2D eigenvalue weighted by Crippen LogP contribution is 2.25. The second-order valence-electron chi connectivity index (χ2n) is 4.57. The molecule has 0 fully saturated rings. The molecular weight excluding hydrogens is 294 g/mol. The second-order valence-corrected chi connectivity index (χ2v) is 5.42. The number of aryl methyl sites for hydroxylation is 1. The van der Waals surface area contributed by atoms with Crippen molar-refractivity contribution < 1.29 is 4.52 Å². The first-order valence-corrected chi connectivity index (χ1v) is 6.64. The average molecular weight is 310 g/mol. The standard InChI is InChI=1S/C13H16BrN3O/c1-7-4-5-10(6-11(7)14)12-16-13(18-17-12)8(2)9(3)15/h4-6,8-9H,15H2,1-3H3. The molecule has 0 spiro atoms. The summed E-state index contributed by atoms with van der Waals surface area (Å²) < 4.78 is 6.29. The van der Waals surface area contributed by atoms with E-state index in [4.69, 9.17) is 10.3 Å². The molecule has 2 aromatic rings. The van der Waals surface area contributed by atoms with Crippen molar-refractivity contribution in [2.75, 3.05) is 0 Å². The Labute approximate surface area is 115 Å². The molecule has 2 N–H and O–H groups in total. The van der Waals surface area contributed by atoms with Crippen molar-refractivity contribution in [1.82, 2.24) is 10.1 Å². The second kappa shape index (κ2) is 5.20. The molecule has 0 radical (unpaired) electrons. The molecule has 4 nitrogen and oxygen atoms in total. The van der Waals surface area contributed by atoms with Crippen molar-refractivity contribution in [1.29, 1.82) is 0 Å². The molecule has 96 valence electrons. The quantitative estimate of drug-likeness (QED) is 0.945. The Kier molecular flexibility index (Phi) is 3.82. The number of benzene rings is 1. The van der Waals surface area contributed by atoms with Gasteiger partial charge < -0.3 is 10.3 Å². The van der Waals surface area contributed by atoms with E-state index in [9.17, 15) is 0 Å². The smallest absolute Gasteiger partial charge is 0.231 e. The minimum Gasteiger partial charge on any atom is -0.339 e. The summed E-state index contributed by atoms with van der Waals surface area (Å²) in [5, 5.41) is 4.00. The highest BCUT2D eigenvalue weighted by Gasteiger charge is 2.18. The summed E-state index contributed by atoms with van der Waals surface area (Å²) in [6.07, 6.45) is 0. The van der Waals surface area contributed by atoms with Gasteiger partial charge in [-0.05, 0) is 25.5 Å². The van der Waals surface area contributed by atoms with Crippen molar-refractivity contribution in [2.24, 2.45) is 5.73 Å². The highest BCUT2D eigenvalue weighted by atomic mass is 79.9. The van der Waals surface area contributed by atoms with Gasteiger partial charge in [0.25, 0.3) is 0 Å². The molecular formula is C13H16BrN3O. The fraction of sp³-hybridized carbons (Fsp3) is 0.385. The molecule has 18 heavy (non-hydrogen) atoms. The lowest BCUT2D eigenvalue weighted by Gasteiger charge is -2.09. The fourth-order valence-corrected chi connectivity index (χ4v) is 1.87. The molecule has 2 atom stereocenters. The van der Waals surface area contributed by atoms with Crippen LogP contribution in [-0.4, -0.2) is 16.2 Å². The molecule has 1 aromatic heterocycles. The predicted octanol–water partition coefficient (Wildman–Crippen LogP) is 3.26. The van der Waals surface area contributed by atoms with Crippen LogP contribution in [0.5, 0.6) is 0 Å². The molecule has 2 unspecified atom stereocenters. The van der Waals surface area contributed by atoms with Gasteiger partial charge in [-0.2, -0.15) is 4.98 Å². The van der Waals surface area contributed by atoms with Crippen molar-refractivity contribution >= 4 is 15.9 Å². The zero-order valence-corrected chi connectivity index (χ0v) is 12.2. The summed E-state index contributed by atoms with van der Waals surface area (Å²) in [6, 6.07) is 5.97. The highest BCUT2D eigenvalue weighted by molar-refractivity contribution is 9.10. The maximum atomic E-state index is 5.82. The number of hydrogen-bond acceptors (Lipinski definition) is 4. The maximum Gasteiger partial charge on any atom is 0.231 e. The SMILES string of the molecule is Cc1ccc(-c2noc(C(C)C(C)N)n2)cc1Br. The van der Waals surface area contributed by atoms with Gasteiger partial charge >= 0.3 is 0 Å². The van der Waals surface area contributed by atoms with Gasteiger partial charge in [-0.1, -0.05) is 40.1 Å². The van der Waals surface area contributed by atoms with Crippen LogP contribution in [-0.2, 0) is 0 Å². The van der Waals surface area contributed by atoms with Gasteiger partial charge in [0, 0.05) is 16.1 Å². The van der Waals surface area contributed by atoms with Crippen molar-refractivity contribution in [3.05, 3.63) is 34.1 Å². The van der Waals surface area contributed by atoms with E-state index in [1.807, 2.05) is 39.0 Å². The number of nitrogens with two attached hydrogens (primary N) is 1. The summed E-state index contributed by atoms with van der Waals surface area (Å²) in [5.41, 5.74) is 7.93. The van der Waals surface area contributed by atoms with Gasteiger partial charge in [0.15, 0.2) is 0 Å². The minimum absolute atomic E-state index is 0.0111. The van der Waals surface area contributed by atoms with Crippen LogP contribution in [0, 0.1) is 6.92 Å². The molecule has 1 heterocycles. The molecule has 0 aliphatic rings. The van der Waals surface area contributed by atoms with Crippen LogP contribution in [0.3, 0.4) is 0 Å². The topological polar surface area (TPSA) is 64.9 Å². The first-order chi connectivity index (χ1) is 8.49. The molecule has 0 saturated heterocycles. The summed E-state index contributed by atoms with van der Waals surface area (Å²) in [4.78, 5) is 4.39. The average Bonchev–Trinajstić information content (AvgIpc) is 2.81. The number of nitrogens with zero attached hydrogens (tertiary/aromatic N) is 2. The summed E-state index contributed by atoms with van der Waals surface area (Å²) >= 11 is 3.50. The van der Waals surface area contributed by atoms with Crippen LogP contribution in [0.2, 0.25) is 0 Å². The molecule has 0 aliphatic heterocycles. The van der Waals surface area contributed by atoms with E-state index in [0.717, 1.165) is 10.0 Å². The normalized spacial score (nSPS) is 14.5. The van der Waals surface area contributed by atoms with E-state index in [-0.39, 0.29) is 12.0 Å². The fourth-order valence-electron chi connectivity index (χ4n) is 1.49. The van der Waals surface area contributed by atoms with E-state index in [1.165, 1.54) is 5.56 Å². The third-order valence-corrected chi connectivity index (χ3v) is 3.90. The monoisotopic (exact) mass is 309 g/mol. The molecule has 5 heteroatoms. The van der Waals surface area contributed by atoms with Gasteiger partial charge in [0.1, 0.15) is 0 Å². The largest absolute Gasteiger partial charge is 0.339 e. The number of hydrogen-bond donors (Lipinski definition) is 1. The van der Waals surface area contributed by atoms with E-state index in [2.05, 4.69) is 26.1 Å². The molecule has 2 rings (SSSR count). The molecule has 0 bridgehead atoms. The summed E-state index contributed by atoms with van der Waals surface area (Å²) in [7, 11) is 0. The Morgan fingerprint density at radius 3 is 2.67 bits per heavy atom. The van der Waals surface area contributed by atoms with Crippen LogP contribution in [0.15, 0.2) is 27.2 Å². The first-order valence-electron chi connectivity index (χ1n) is 5.84. The summed E-state index contributed by atoms with van der Waals surface area (Å²) in [6.45, 7) is 5.94. The predicted molar refractivity (Wildman–Crippen MR) is 74.2 cm³/mol. The van der Waals surface area contributed by atoms with Crippen molar-refractivity contribution in [2.45, 2.75) is 32.7 Å².